The van der Waals surface area contributed by atoms with Crippen LogP contribution in [0.15, 0.2) is 24.3 Å². The number of ether oxygens (including phenoxy) is 2. The predicted molar refractivity (Wildman–Crippen MR) is 99.1 cm³/mol. The largest absolute Gasteiger partial charge is 0.493 e. The molecule has 1 aromatic carbocycles. The Bertz CT molecular complexity index is 789. The van der Waals surface area contributed by atoms with Crippen molar-refractivity contribution >= 4 is 29.3 Å². The molecule has 0 unspecified atom stereocenters. The van der Waals surface area contributed by atoms with Gasteiger partial charge in [0.05, 0.1) is 14.2 Å². The van der Waals surface area contributed by atoms with E-state index in [4.69, 9.17) is 26.8 Å². The third-order valence-electron chi connectivity index (χ3n) is 4.22. The standard InChI is InChI=1S/C17H20ClN5O3/c1-25-12-4-3-11(9-13(12)26-2)16(24)23-7-5-22(6-8-23)15-10-14(18)20-17(19)21-15/h3-4,9-10H,5-8H2,1-2H3,(H2,19,20,21). The van der Waals surface area contributed by atoms with Crippen LogP contribution in [0.4, 0.5) is 11.8 Å². The average Bonchev–Trinajstić information content (AvgIpc) is 2.66. The van der Waals surface area contributed by atoms with Gasteiger partial charge in [-0.15, -0.1) is 0 Å². The molecule has 3 rings (SSSR count). The molecule has 2 aromatic rings. The number of nitrogens with zero attached hydrogens (tertiary/aromatic N) is 4. The second-order valence-electron chi connectivity index (χ2n) is 5.76. The van der Waals surface area contributed by atoms with E-state index < -0.39 is 0 Å². The molecule has 0 bridgehead atoms. The topological polar surface area (TPSA) is 93.8 Å². The summed E-state index contributed by atoms with van der Waals surface area (Å²) in [7, 11) is 3.11. The summed E-state index contributed by atoms with van der Waals surface area (Å²) in [5, 5.41) is 0.302. The lowest BCUT2D eigenvalue weighted by Gasteiger charge is -2.35. The number of halogens is 1. The van der Waals surface area contributed by atoms with Gasteiger partial charge in [-0.3, -0.25) is 4.79 Å². The predicted octanol–water partition coefficient (Wildman–Crippen LogP) is 1.69. The maximum Gasteiger partial charge on any atom is 0.254 e. The average molecular weight is 378 g/mol. The van der Waals surface area contributed by atoms with Crippen molar-refractivity contribution in [2.24, 2.45) is 0 Å². The molecule has 0 aliphatic carbocycles. The smallest absolute Gasteiger partial charge is 0.254 e. The minimum Gasteiger partial charge on any atom is -0.493 e. The number of carbonyl (C=O) groups is 1. The molecule has 1 aliphatic heterocycles. The second kappa shape index (κ2) is 7.65. The van der Waals surface area contributed by atoms with Crippen LogP contribution in [0.2, 0.25) is 5.15 Å². The molecule has 0 radical (unpaired) electrons. The van der Waals surface area contributed by atoms with Crippen LogP contribution >= 0.6 is 11.6 Å². The summed E-state index contributed by atoms with van der Waals surface area (Å²) in [6.45, 7) is 2.39. The summed E-state index contributed by atoms with van der Waals surface area (Å²) < 4.78 is 10.5. The maximum atomic E-state index is 12.8. The monoisotopic (exact) mass is 377 g/mol. The zero-order valence-electron chi connectivity index (χ0n) is 14.6. The number of nitrogens with two attached hydrogens (primary N) is 1. The van der Waals surface area contributed by atoms with E-state index >= 15 is 0 Å². The lowest BCUT2D eigenvalue weighted by Crippen LogP contribution is -2.49. The Kier molecular flexibility index (Phi) is 5.32. The minimum atomic E-state index is -0.0502. The number of amides is 1. The quantitative estimate of drug-likeness (QED) is 0.810. The van der Waals surface area contributed by atoms with Gasteiger partial charge in [-0.25, -0.2) is 4.98 Å². The Morgan fingerprint density at radius 1 is 1.08 bits per heavy atom. The third-order valence-corrected chi connectivity index (χ3v) is 4.41. The first kappa shape index (κ1) is 18.1. The van der Waals surface area contributed by atoms with Crippen LogP contribution < -0.4 is 20.1 Å². The second-order valence-corrected chi connectivity index (χ2v) is 6.14. The highest BCUT2D eigenvalue weighted by atomic mass is 35.5. The van der Waals surface area contributed by atoms with Crippen molar-refractivity contribution in [1.82, 2.24) is 14.9 Å². The van der Waals surface area contributed by atoms with Gasteiger partial charge < -0.3 is 25.0 Å². The van der Waals surface area contributed by atoms with Crippen LogP contribution in [0.3, 0.4) is 0 Å². The van der Waals surface area contributed by atoms with E-state index in [-0.39, 0.29) is 11.9 Å². The highest BCUT2D eigenvalue weighted by Crippen LogP contribution is 2.28. The van der Waals surface area contributed by atoms with E-state index in [1.165, 1.54) is 0 Å². The lowest BCUT2D eigenvalue weighted by atomic mass is 10.1. The van der Waals surface area contributed by atoms with Crippen molar-refractivity contribution in [3.05, 3.63) is 35.0 Å². The molecule has 1 aliphatic rings. The number of carbonyl (C=O) groups excluding carboxylic acids is 1. The molecule has 1 amide bonds. The van der Waals surface area contributed by atoms with E-state index in [1.54, 1.807) is 43.4 Å². The first-order chi connectivity index (χ1) is 12.5. The Labute approximate surface area is 156 Å². The van der Waals surface area contributed by atoms with Crippen molar-refractivity contribution < 1.29 is 14.3 Å². The highest BCUT2D eigenvalue weighted by molar-refractivity contribution is 6.29. The lowest BCUT2D eigenvalue weighted by molar-refractivity contribution is 0.0746. The molecule has 2 heterocycles. The Hall–Kier alpha value is -2.74. The molecule has 1 saturated heterocycles. The fraction of sp³-hybridized carbons (Fsp3) is 0.353. The summed E-state index contributed by atoms with van der Waals surface area (Å²) >= 11 is 5.94. The number of hydrogen-bond acceptors (Lipinski definition) is 7. The Morgan fingerprint density at radius 3 is 2.38 bits per heavy atom. The van der Waals surface area contributed by atoms with Gasteiger partial charge in [-0.1, -0.05) is 11.6 Å². The molecule has 1 fully saturated rings. The normalized spacial score (nSPS) is 14.3. The molecule has 0 spiro atoms. The van der Waals surface area contributed by atoms with Crippen LogP contribution in [-0.2, 0) is 0 Å². The van der Waals surface area contributed by atoms with Gasteiger partial charge >= 0.3 is 0 Å². The first-order valence-electron chi connectivity index (χ1n) is 8.08. The molecular formula is C17H20ClN5O3. The number of anilines is 2. The van der Waals surface area contributed by atoms with Crippen LogP contribution in [-0.4, -0.2) is 61.2 Å². The summed E-state index contributed by atoms with van der Waals surface area (Å²) in [5.41, 5.74) is 6.21. The van der Waals surface area contributed by atoms with Crippen LogP contribution in [0.5, 0.6) is 11.5 Å². The maximum absolute atomic E-state index is 12.8. The number of aromatic nitrogens is 2. The van der Waals surface area contributed by atoms with Gasteiger partial charge in [0, 0.05) is 37.8 Å². The number of piperazine rings is 1. The van der Waals surface area contributed by atoms with Gasteiger partial charge in [-0.2, -0.15) is 4.98 Å². The van der Waals surface area contributed by atoms with Crippen LogP contribution in [0.25, 0.3) is 0 Å². The van der Waals surface area contributed by atoms with Crippen molar-refractivity contribution in [2.75, 3.05) is 51.0 Å². The molecule has 0 saturated carbocycles. The molecule has 9 heteroatoms. The molecular weight excluding hydrogens is 358 g/mol. The van der Waals surface area contributed by atoms with E-state index in [0.717, 1.165) is 0 Å². The summed E-state index contributed by atoms with van der Waals surface area (Å²) in [6.07, 6.45) is 0. The summed E-state index contributed by atoms with van der Waals surface area (Å²) in [6, 6.07) is 6.83. The van der Waals surface area contributed by atoms with Crippen molar-refractivity contribution in [3.63, 3.8) is 0 Å². The van der Waals surface area contributed by atoms with E-state index in [2.05, 4.69) is 9.97 Å². The zero-order valence-corrected chi connectivity index (χ0v) is 15.4. The van der Waals surface area contributed by atoms with E-state index in [0.29, 0.717) is 54.2 Å². The number of hydrogen-bond donors (Lipinski definition) is 1. The molecule has 8 nitrogen and oxygen atoms in total. The number of rotatable bonds is 4. The Balaban J connectivity index is 1.68. The van der Waals surface area contributed by atoms with E-state index in [9.17, 15) is 4.79 Å². The van der Waals surface area contributed by atoms with Gasteiger partial charge in [0.1, 0.15) is 11.0 Å². The van der Waals surface area contributed by atoms with Gasteiger partial charge in [0.15, 0.2) is 11.5 Å². The van der Waals surface area contributed by atoms with Crippen LogP contribution in [0, 0.1) is 0 Å². The molecule has 0 atom stereocenters. The number of methoxy groups -OCH3 is 2. The van der Waals surface area contributed by atoms with Gasteiger partial charge in [-0.05, 0) is 18.2 Å². The van der Waals surface area contributed by atoms with Gasteiger partial charge in [0.25, 0.3) is 5.91 Å². The third kappa shape index (κ3) is 3.75. The van der Waals surface area contributed by atoms with Crippen molar-refractivity contribution in [3.8, 4) is 11.5 Å². The number of benzene rings is 1. The molecule has 138 valence electrons. The summed E-state index contributed by atoms with van der Waals surface area (Å²) in [5.74, 6) is 1.87. The van der Waals surface area contributed by atoms with Gasteiger partial charge in [0.2, 0.25) is 5.95 Å². The SMILES string of the molecule is COc1ccc(C(=O)N2CCN(c3cc(Cl)nc(N)n3)CC2)cc1OC. The minimum absolute atomic E-state index is 0.0502. The molecule has 26 heavy (non-hydrogen) atoms. The highest BCUT2D eigenvalue weighted by Gasteiger charge is 2.24. The Morgan fingerprint density at radius 2 is 1.77 bits per heavy atom. The molecule has 2 N–H and O–H groups in total. The zero-order chi connectivity index (χ0) is 18.7. The van der Waals surface area contributed by atoms with Crippen LogP contribution in [0.1, 0.15) is 10.4 Å². The number of nitrogen functional groups attached to an aromatic ring is 1. The fourth-order valence-corrected chi connectivity index (χ4v) is 3.06. The summed E-state index contributed by atoms with van der Waals surface area (Å²) in [4.78, 5) is 24.7. The fourth-order valence-electron chi connectivity index (χ4n) is 2.88. The van der Waals surface area contributed by atoms with Crippen molar-refractivity contribution in [2.45, 2.75) is 0 Å². The molecule has 1 aromatic heterocycles. The first-order valence-corrected chi connectivity index (χ1v) is 8.46. The van der Waals surface area contributed by atoms with Crippen molar-refractivity contribution in [1.29, 1.82) is 0 Å². The van der Waals surface area contributed by atoms with E-state index in [1.807, 2.05) is 4.90 Å².